The number of hydrogen-bond donors (Lipinski definition) is 2. The van der Waals surface area contributed by atoms with E-state index in [0.717, 1.165) is 0 Å². The fourth-order valence-electron chi connectivity index (χ4n) is 1.68. The van der Waals surface area contributed by atoms with Crippen LogP contribution in [0.4, 0.5) is 10.1 Å². The number of nitrogens with one attached hydrogen (secondary N) is 1. The molecule has 108 valence electrons. The van der Waals surface area contributed by atoms with E-state index in [2.05, 4.69) is 26.2 Å². The highest BCUT2D eigenvalue weighted by atomic mass is 79.9. The van der Waals surface area contributed by atoms with Gasteiger partial charge >= 0.3 is 5.97 Å². The third kappa shape index (κ3) is 3.43. The van der Waals surface area contributed by atoms with Crippen LogP contribution in [0, 0.1) is 12.7 Å². The van der Waals surface area contributed by atoms with Gasteiger partial charge in [-0.2, -0.15) is 0 Å². The average molecular weight is 353 g/mol. The van der Waals surface area contributed by atoms with Crippen molar-refractivity contribution in [3.8, 4) is 0 Å². The first-order chi connectivity index (χ1) is 9.88. The largest absolute Gasteiger partial charge is 0.478 e. The molecule has 0 saturated carbocycles. The lowest BCUT2D eigenvalue weighted by Gasteiger charge is -2.07. The molecule has 0 aliphatic carbocycles. The van der Waals surface area contributed by atoms with Crippen LogP contribution >= 0.6 is 15.9 Å². The van der Waals surface area contributed by atoms with Crippen molar-refractivity contribution in [2.24, 2.45) is 0 Å². The molecule has 0 unspecified atom stereocenters. The molecule has 0 radical (unpaired) electrons. The zero-order valence-corrected chi connectivity index (χ0v) is 12.4. The number of halogens is 2. The Bertz CT molecular complexity index is 734. The van der Waals surface area contributed by atoms with Crippen LogP contribution in [0.2, 0.25) is 0 Å². The monoisotopic (exact) mass is 352 g/mol. The lowest BCUT2D eigenvalue weighted by Crippen LogP contribution is -2.15. The van der Waals surface area contributed by atoms with Gasteiger partial charge in [0.1, 0.15) is 11.5 Å². The molecule has 5 nitrogen and oxygen atoms in total. The fourth-order valence-corrected chi connectivity index (χ4v) is 1.93. The van der Waals surface area contributed by atoms with Gasteiger partial charge in [-0.25, -0.2) is 14.2 Å². The van der Waals surface area contributed by atoms with E-state index in [1.54, 1.807) is 0 Å². The quantitative estimate of drug-likeness (QED) is 0.888. The molecule has 0 aliphatic heterocycles. The highest BCUT2D eigenvalue weighted by Gasteiger charge is 2.13. The molecule has 0 fully saturated rings. The van der Waals surface area contributed by atoms with Crippen molar-refractivity contribution in [2.75, 3.05) is 5.32 Å². The molecule has 0 aliphatic rings. The first-order valence-electron chi connectivity index (χ1n) is 5.86. The zero-order chi connectivity index (χ0) is 15.6. The number of aryl methyl sites for hydroxylation is 1. The normalized spacial score (nSPS) is 10.2. The molecule has 2 aromatic rings. The number of carbonyl (C=O) groups is 2. The number of nitrogens with zero attached hydrogens (tertiary/aromatic N) is 1. The molecule has 2 rings (SSSR count). The minimum Gasteiger partial charge on any atom is -0.478 e. The topological polar surface area (TPSA) is 79.3 Å². The molecule has 21 heavy (non-hydrogen) atoms. The van der Waals surface area contributed by atoms with Crippen molar-refractivity contribution in [1.29, 1.82) is 0 Å². The van der Waals surface area contributed by atoms with E-state index >= 15 is 0 Å². The number of carbonyl (C=O) groups excluding carboxylic acids is 1. The van der Waals surface area contributed by atoms with Gasteiger partial charge < -0.3 is 10.4 Å². The summed E-state index contributed by atoms with van der Waals surface area (Å²) in [6, 6.07) is 6.78. The Balaban J connectivity index is 2.22. The van der Waals surface area contributed by atoms with Gasteiger partial charge in [-0.05, 0) is 53.2 Å². The Kier molecular flexibility index (Phi) is 4.32. The molecule has 1 aromatic carbocycles. The minimum atomic E-state index is -1.11. The Labute approximate surface area is 128 Å². The SMILES string of the molecule is Cc1nc(C(=O)Nc2ccc(Br)c(F)c2)ccc1C(=O)O. The number of amides is 1. The smallest absolute Gasteiger partial charge is 0.337 e. The van der Waals surface area contributed by atoms with E-state index < -0.39 is 17.7 Å². The number of rotatable bonds is 3. The predicted octanol–water partition coefficient (Wildman–Crippen LogP) is 3.24. The van der Waals surface area contributed by atoms with Gasteiger partial charge in [0, 0.05) is 5.69 Å². The Morgan fingerprint density at radius 1 is 1.29 bits per heavy atom. The van der Waals surface area contributed by atoms with E-state index in [1.807, 2.05) is 0 Å². The first kappa shape index (κ1) is 15.1. The second kappa shape index (κ2) is 6.01. The highest BCUT2D eigenvalue weighted by molar-refractivity contribution is 9.10. The van der Waals surface area contributed by atoms with Gasteiger partial charge in [-0.1, -0.05) is 0 Å². The van der Waals surface area contributed by atoms with E-state index in [0.29, 0.717) is 4.47 Å². The Hall–Kier alpha value is -2.28. The summed E-state index contributed by atoms with van der Waals surface area (Å²) >= 11 is 3.02. The lowest BCUT2D eigenvalue weighted by atomic mass is 10.2. The van der Waals surface area contributed by atoms with E-state index in [4.69, 9.17) is 5.11 Å². The molecule has 7 heteroatoms. The molecule has 1 amide bonds. The van der Waals surface area contributed by atoms with E-state index in [9.17, 15) is 14.0 Å². The van der Waals surface area contributed by atoms with Crippen LogP contribution in [0.1, 0.15) is 26.5 Å². The maximum Gasteiger partial charge on any atom is 0.337 e. The maximum absolute atomic E-state index is 13.4. The van der Waals surface area contributed by atoms with Gasteiger partial charge in [-0.15, -0.1) is 0 Å². The maximum atomic E-state index is 13.4. The van der Waals surface area contributed by atoms with Crippen LogP contribution < -0.4 is 5.32 Å². The summed E-state index contributed by atoms with van der Waals surface area (Å²) < 4.78 is 13.7. The number of aromatic carboxylic acids is 1. The Morgan fingerprint density at radius 2 is 2.00 bits per heavy atom. The summed E-state index contributed by atoms with van der Waals surface area (Å²) in [5.74, 6) is -2.16. The third-order valence-corrected chi connectivity index (χ3v) is 3.37. The van der Waals surface area contributed by atoms with Gasteiger partial charge in [0.05, 0.1) is 15.7 Å². The van der Waals surface area contributed by atoms with Crippen molar-refractivity contribution in [2.45, 2.75) is 6.92 Å². The van der Waals surface area contributed by atoms with Gasteiger partial charge in [-0.3, -0.25) is 4.79 Å². The molecule has 1 aromatic heterocycles. The molecule has 0 saturated heterocycles. The first-order valence-corrected chi connectivity index (χ1v) is 6.65. The fraction of sp³-hybridized carbons (Fsp3) is 0.0714. The predicted molar refractivity (Wildman–Crippen MR) is 78.0 cm³/mol. The lowest BCUT2D eigenvalue weighted by molar-refractivity contribution is 0.0695. The van der Waals surface area contributed by atoms with Crippen LogP contribution in [0.15, 0.2) is 34.8 Å². The van der Waals surface area contributed by atoms with Crippen LogP contribution in [-0.2, 0) is 0 Å². The van der Waals surface area contributed by atoms with Crippen molar-refractivity contribution >= 4 is 33.5 Å². The number of carboxylic acids is 1. The molecule has 0 spiro atoms. The number of aromatic nitrogens is 1. The van der Waals surface area contributed by atoms with Crippen molar-refractivity contribution in [3.05, 3.63) is 57.6 Å². The second-order valence-corrected chi connectivity index (χ2v) is 5.07. The third-order valence-electron chi connectivity index (χ3n) is 2.73. The van der Waals surface area contributed by atoms with Crippen molar-refractivity contribution in [3.63, 3.8) is 0 Å². The van der Waals surface area contributed by atoms with Crippen LogP contribution in [-0.4, -0.2) is 22.0 Å². The molecule has 1 heterocycles. The summed E-state index contributed by atoms with van der Waals surface area (Å²) in [5, 5.41) is 11.4. The summed E-state index contributed by atoms with van der Waals surface area (Å²) in [7, 11) is 0. The molecule has 0 atom stereocenters. The zero-order valence-electron chi connectivity index (χ0n) is 10.9. The molecule has 2 N–H and O–H groups in total. The number of anilines is 1. The summed E-state index contributed by atoms with van der Waals surface area (Å²) in [4.78, 5) is 26.8. The minimum absolute atomic E-state index is 0.0289. The average Bonchev–Trinajstić information content (AvgIpc) is 2.42. The molecular formula is C14H10BrFN2O3. The van der Waals surface area contributed by atoms with Crippen molar-refractivity contribution in [1.82, 2.24) is 4.98 Å². The number of pyridine rings is 1. The standard InChI is InChI=1S/C14H10BrFN2O3/c1-7-9(14(20)21)3-5-12(17-7)13(19)18-8-2-4-10(15)11(16)6-8/h2-6H,1H3,(H,18,19)(H,20,21). The Morgan fingerprint density at radius 3 is 2.57 bits per heavy atom. The second-order valence-electron chi connectivity index (χ2n) is 4.22. The van der Waals surface area contributed by atoms with Gasteiger partial charge in [0.25, 0.3) is 5.91 Å². The van der Waals surface area contributed by atoms with Gasteiger partial charge in [0.15, 0.2) is 0 Å². The summed E-state index contributed by atoms with van der Waals surface area (Å²) in [5.41, 5.74) is 0.599. The van der Waals surface area contributed by atoms with Crippen LogP contribution in [0.5, 0.6) is 0 Å². The van der Waals surface area contributed by atoms with Crippen molar-refractivity contribution < 1.29 is 19.1 Å². The summed E-state index contributed by atoms with van der Waals surface area (Å²) in [6.45, 7) is 1.50. The molecule has 0 bridgehead atoms. The summed E-state index contributed by atoms with van der Waals surface area (Å²) in [6.07, 6.45) is 0. The van der Waals surface area contributed by atoms with Crippen LogP contribution in [0.25, 0.3) is 0 Å². The van der Waals surface area contributed by atoms with Gasteiger partial charge in [0.2, 0.25) is 0 Å². The van der Waals surface area contributed by atoms with E-state index in [-0.39, 0.29) is 22.6 Å². The number of carboxylic acid groups (broad SMARTS) is 1. The van der Waals surface area contributed by atoms with Crippen LogP contribution in [0.3, 0.4) is 0 Å². The van der Waals surface area contributed by atoms with E-state index in [1.165, 1.54) is 37.3 Å². The number of hydrogen-bond acceptors (Lipinski definition) is 3. The molecular weight excluding hydrogens is 343 g/mol. The highest BCUT2D eigenvalue weighted by Crippen LogP contribution is 2.19. The number of benzene rings is 1.